The fourth-order valence-corrected chi connectivity index (χ4v) is 2.30. The highest BCUT2D eigenvalue weighted by Crippen LogP contribution is 2.16. The van der Waals surface area contributed by atoms with Crippen LogP contribution in [0.4, 0.5) is 0 Å². The molecule has 1 atom stereocenters. The highest BCUT2D eigenvalue weighted by Gasteiger charge is 2.05. The molecule has 2 N–H and O–H groups in total. The van der Waals surface area contributed by atoms with E-state index in [9.17, 15) is 0 Å². The van der Waals surface area contributed by atoms with Gasteiger partial charge in [0.15, 0.2) is 0 Å². The maximum Gasteiger partial charge on any atom is 0.0930 e. The van der Waals surface area contributed by atoms with Gasteiger partial charge in [-0.05, 0) is 12.8 Å². The number of aliphatic hydroxyl groups excluding tert-OH is 1. The maximum absolute atomic E-state index is 8.86. The fourth-order valence-electron chi connectivity index (χ4n) is 1.21. The van der Waals surface area contributed by atoms with Gasteiger partial charge in [0.1, 0.15) is 0 Å². The molecule has 0 radical (unpaired) electrons. The van der Waals surface area contributed by atoms with Gasteiger partial charge >= 0.3 is 0 Å². The van der Waals surface area contributed by atoms with Crippen LogP contribution >= 0.6 is 11.3 Å². The molecular weight excluding hydrogens is 208 g/mol. The molecule has 0 aliphatic rings. The molecule has 0 aliphatic heterocycles. The van der Waals surface area contributed by atoms with Gasteiger partial charge in [-0.1, -0.05) is 13.8 Å². The molecule has 1 aromatic rings. The minimum Gasteiger partial charge on any atom is -0.395 e. The molecule has 1 aromatic heterocycles. The Morgan fingerprint density at radius 2 is 2.20 bits per heavy atom. The predicted molar refractivity (Wildman–Crippen MR) is 64.0 cm³/mol. The molecular formula is C11H20N2OS. The minimum atomic E-state index is 0.153. The summed E-state index contributed by atoms with van der Waals surface area (Å²) in [6.45, 7) is 7.35. The Balaban J connectivity index is 2.39. The first-order chi connectivity index (χ1) is 7.11. The van der Waals surface area contributed by atoms with E-state index in [4.69, 9.17) is 5.11 Å². The number of hydrogen-bond donors (Lipinski definition) is 2. The first-order valence-corrected chi connectivity index (χ1v) is 6.21. The van der Waals surface area contributed by atoms with Crippen molar-refractivity contribution in [3.8, 4) is 0 Å². The van der Waals surface area contributed by atoms with E-state index in [0.717, 1.165) is 13.0 Å². The van der Waals surface area contributed by atoms with E-state index in [-0.39, 0.29) is 12.6 Å². The van der Waals surface area contributed by atoms with E-state index in [1.54, 1.807) is 11.3 Å². The molecule has 0 aliphatic carbocycles. The summed E-state index contributed by atoms with van der Waals surface area (Å²) in [7, 11) is 0. The third-order valence-electron chi connectivity index (χ3n) is 2.08. The zero-order chi connectivity index (χ0) is 11.3. The van der Waals surface area contributed by atoms with Gasteiger partial charge in [-0.15, -0.1) is 11.3 Å². The van der Waals surface area contributed by atoms with Gasteiger partial charge < -0.3 is 10.4 Å². The van der Waals surface area contributed by atoms with E-state index in [0.29, 0.717) is 5.92 Å². The van der Waals surface area contributed by atoms with Crippen molar-refractivity contribution in [2.45, 2.75) is 39.8 Å². The van der Waals surface area contributed by atoms with Crippen LogP contribution < -0.4 is 5.32 Å². The average Bonchev–Trinajstić information content (AvgIpc) is 2.61. The van der Waals surface area contributed by atoms with Gasteiger partial charge in [0, 0.05) is 30.1 Å². The molecule has 1 unspecified atom stereocenters. The average molecular weight is 228 g/mol. The number of aromatic nitrogens is 1. The SMILES string of the molecule is CC(C)Cc1ncc(CNC(C)CO)s1. The van der Waals surface area contributed by atoms with Crippen LogP contribution in [0.15, 0.2) is 6.20 Å². The molecule has 1 rings (SSSR count). The molecule has 15 heavy (non-hydrogen) atoms. The molecule has 0 saturated carbocycles. The fraction of sp³-hybridized carbons (Fsp3) is 0.727. The van der Waals surface area contributed by atoms with E-state index in [2.05, 4.69) is 24.1 Å². The van der Waals surface area contributed by atoms with E-state index < -0.39 is 0 Å². The van der Waals surface area contributed by atoms with Crippen LogP contribution in [-0.4, -0.2) is 22.7 Å². The second-order valence-corrected chi connectivity index (χ2v) is 5.48. The van der Waals surface area contributed by atoms with Crippen molar-refractivity contribution in [3.05, 3.63) is 16.1 Å². The van der Waals surface area contributed by atoms with Crippen LogP contribution in [0.1, 0.15) is 30.7 Å². The molecule has 0 bridgehead atoms. The van der Waals surface area contributed by atoms with Gasteiger partial charge in [0.2, 0.25) is 0 Å². The van der Waals surface area contributed by atoms with Crippen molar-refractivity contribution < 1.29 is 5.11 Å². The van der Waals surface area contributed by atoms with Crippen molar-refractivity contribution >= 4 is 11.3 Å². The number of aliphatic hydroxyl groups is 1. The van der Waals surface area contributed by atoms with Crippen LogP contribution in [0.25, 0.3) is 0 Å². The van der Waals surface area contributed by atoms with Gasteiger partial charge in [-0.2, -0.15) is 0 Å². The lowest BCUT2D eigenvalue weighted by molar-refractivity contribution is 0.251. The number of nitrogens with zero attached hydrogens (tertiary/aromatic N) is 1. The lowest BCUT2D eigenvalue weighted by Gasteiger charge is -2.08. The Labute approximate surface area is 95.6 Å². The largest absolute Gasteiger partial charge is 0.395 e. The standard InChI is InChI=1S/C11H20N2OS/c1-8(2)4-11-13-6-10(15-11)5-12-9(3)7-14/h6,8-9,12,14H,4-5,7H2,1-3H3. The van der Waals surface area contributed by atoms with Crippen molar-refractivity contribution in [2.24, 2.45) is 5.92 Å². The monoisotopic (exact) mass is 228 g/mol. The van der Waals surface area contributed by atoms with Crippen LogP contribution in [0.5, 0.6) is 0 Å². The molecule has 0 saturated heterocycles. The van der Waals surface area contributed by atoms with Crippen molar-refractivity contribution in [1.82, 2.24) is 10.3 Å². The van der Waals surface area contributed by atoms with Crippen molar-refractivity contribution in [1.29, 1.82) is 0 Å². The maximum atomic E-state index is 8.86. The highest BCUT2D eigenvalue weighted by molar-refractivity contribution is 7.11. The van der Waals surface area contributed by atoms with Gasteiger partial charge in [-0.25, -0.2) is 4.98 Å². The molecule has 86 valence electrons. The number of thiazole rings is 1. The predicted octanol–water partition coefficient (Wildman–Crippen LogP) is 1.81. The van der Waals surface area contributed by atoms with Gasteiger partial charge in [-0.3, -0.25) is 0 Å². The normalized spacial score (nSPS) is 13.4. The summed E-state index contributed by atoms with van der Waals surface area (Å²) in [5.74, 6) is 0.660. The third-order valence-corrected chi connectivity index (χ3v) is 3.10. The minimum absolute atomic E-state index is 0.153. The zero-order valence-corrected chi connectivity index (χ0v) is 10.5. The zero-order valence-electron chi connectivity index (χ0n) is 9.66. The Morgan fingerprint density at radius 3 is 2.80 bits per heavy atom. The number of rotatable bonds is 6. The molecule has 1 heterocycles. The quantitative estimate of drug-likeness (QED) is 0.780. The molecule has 3 nitrogen and oxygen atoms in total. The molecule has 0 aromatic carbocycles. The lowest BCUT2D eigenvalue weighted by Crippen LogP contribution is -2.28. The summed E-state index contributed by atoms with van der Waals surface area (Å²) in [4.78, 5) is 5.62. The van der Waals surface area contributed by atoms with E-state index in [1.807, 2.05) is 13.1 Å². The molecule has 4 heteroatoms. The topological polar surface area (TPSA) is 45.2 Å². The summed E-state index contributed by atoms with van der Waals surface area (Å²) < 4.78 is 0. The van der Waals surface area contributed by atoms with Crippen LogP contribution in [0.2, 0.25) is 0 Å². The summed E-state index contributed by atoms with van der Waals surface area (Å²) in [6, 6.07) is 0.153. The summed E-state index contributed by atoms with van der Waals surface area (Å²) in [5.41, 5.74) is 0. The van der Waals surface area contributed by atoms with E-state index in [1.165, 1.54) is 9.88 Å². The number of hydrogen-bond acceptors (Lipinski definition) is 4. The van der Waals surface area contributed by atoms with Gasteiger partial charge in [0.25, 0.3) is 0 Å². The molecule has 0 amide bonds. The Bertz CT molecular complexity index is 286. The molecule has 0 fully saturated rings. The third kappa shape index (κ3) is 4.73. The van der Waals surface area contributed by atoms with Crippen molar-refractivity contribution in [3.63, 3.8) is 0 Å². The van der Waals surface area contributed by atoms with Gasteiger partial charge in [0.05, 0.1) is 11.6 Å². The highest BCUT2D eigenvalue weighted by atomic mass is 32.1. The first kappa shape index (κ1) is 12.6. The van der Waals surface area contributed by atoms with E-state index >= 15 is 0 Å². The molecule has 0 spiro atoms. The summed E-state index contributed by atoms with van der Waals surface area (Å²) in [6.07, 6.45) is 2.99. The Hall–Kier alpha value is -0.450. The smallest absolute Gasteiger partial charge is 0.0930 e. The lowest BCUT2D eigenvalue weighted by atomic mass is 10.1. The Morgan fingerprint density at radius 1 is 1.47 bits per heavy atom. The second-order valence-electron chi connectivity index (χ2n) is 4.28. The first-order valence-electron chi connectivity index (χ1n) is 5.39. The van der Waals surface area contributed by atoms with Crippen LogP contribution in [0.3, 0.4) is 0 Å². The second kappa shape index (κ2) is 6.20. The summed E-state index contributed by atoms with van der Waals surface area (Å²) in [5, 5.41) is 13.3. The van der Waals surface area contributed by atoms with Crippen LogP contribution in [0, 0.1) is 5.92 Å². The Kier molecular flexibility index (Phi) is 5.22. The summed E-state index contributed by atoms with van der Waals surface area (Å²) >= 11 is 1.76. The number of nitrogens with one attached hydrogen (secondary N) is 1. The van der Waals surface area contributed by atoms with Crippen molar-refractivity contribution in [2.75, 3.05) is 6.61 Å². The van der Waals surface area contributed by atoms with Crippen LogP contribution in [-0.2, 0) is 13.0 Å².